The quantitative estimate of drug-likeness (QED) is 0.202. The monoisotopic (exact) mass is 602 g/mol. The van der Waals surface area contributed by atoms with Gasteiger partial charge in [0.25, 0.3) is 0 Å². The van der Waals surface area contributed by atoms with E-state index in [-0.39, 0.29) is 0 Å². The van der Waals surface area contributed by atoms with E-state index >= 15 is 0 Å². The molecule has 0 spiro atoms. The van der Waals surface area contributed by atoms with Gasteiger partial charge in [-0.05, 0) is 80.8 Å². The maximum Gasteiger partial charge on any atom is 0.0752 e. The maximum absolute atomic E-state index is 6.59. The predicted octanol–water partition coefficient (Wildman–Crippen LogP) is 10.1. The first-order chi connectivity index (χ1) is 15.0. The molecule has 3 aromatic heterocycles. The van der Waals surface area contributed by atoms with E-state index in [0.29, 0.717) is 0 Å². The van der Waals surface area contributed by atoms with Gasteiger partial charge < -0.3 is 11.5 Å². The van der Waals surface area contributed by atoms with Gasteiger partial charge in [-0.15, -0.1) is 34.0 Å². The summed E-state index contributed by atoms with van der Waals surface area (Å²) in [5, 5.41) is 0. The van der Waals surface area contributed by atoms with Gasteiger partial charge in [-0.3, -0.25) is 0 Å². The van der Waals surface area contributed by atoms with E-state index in [1.54, 1.807) is 34.0 Å². The molecule has 3 aromatic rings. The Balaban J connectivity index is 1.90. The van der Waals surface area contributed by atoms with Crippen LogP contribution >= 0.6 is 65.9 Å². The zero-order valence-corrected chi connectivity index (χ0v) is 24.0. The molecule has 0 amide bonds. The van der Waals surface area contributed by atoms with Crippen molar-refractivity contribution < 1.29 is 0 Å². The van der Waals surface area contributed by atoms with Crippen LogP contribution in [0.15, 0.2) is 19.7 Å². The molecule has 0 radical (unpaired) electrons. The molecule has 0 aromatic carbocycles. The van der Waals surface area contributed by atoms with Crippen LogP contribution in [0, 0.1) is 0 Å². The molecule has 0 saturated heterocycles. The van der Waals surface area contributed by atoms with E-state index < -0.39 is 0 Å². The molecule has 7 heteroatoms. The summed E-state index contributed by atoms with van der Waals surface area (Å²) < 4.78 is 2.33. The van der Waals surface area contributed by atoms with Crippen LogP contribution in [0.2, 0.25) is 0 Å². The van der Waals surface area contributed by atoms with Crippen molar-refractivity contribution in [2.75, 3.05) is 11.5 Å². The summed E-state index contributed by atoms with van der Waals surface area (Å²) in [5.41, 5.74) is 17.4. The number of hydrogen-bond acceptors (Lipinski definition) is 5. The molecule has 2 nitrogen and oxygen atoms in total. The molecule has 0 saturated carbocycles. The van der Waals surface area contributed by atoms with E-state index in [2.05, 4.69) is 57.8 Å². The van der Waals surface area contributed by atoms with Gasteiger partial charge in [0.05, 0.1) is 38.5 Å². The van der Waals surface area contributed by atoms with Crippen LogP contribution < -0.4 is 11.5 Å². The number of aryl methyl sites for hydroxylation is 2. The van der Waals surface area contributed by atoms with Gasteiger partial charge >= 0.3 is 0 Å². The molecule has 0 aliphatic carbocycles. The van der Waals surface area contributed by atoms with Crippen molar-refractivity contribution >= 4 is 77.2 Å². The molecular formula is C24H32Br2N2S3. The Hall–Kier alpha value is -0.340. The number of nitrogen functional groups attached to an aromatic ring is 2. The van der Waals surface area contributed by atoms with Crippen molar-refractivity contribution in [3.63, 3.8) is 0 Å². The lowest BCUT2D eigenvalue weighted by molar-refractivity contribution is 0.668. The summed E-state index contributed by atoms with van der Waals surface area (Å²) in [4.78, 5) is 4.83. The van der Waals surface area contributed by atoms with Crippen LogP contribution in [0.25, 0.3) is 19.5 Å². The smallest absolute Gasteiger partial charge is 0.0752 e. The summed E-state index contributed by atoms with van der Waals surface area (Å²) in [7, 11) is 0. The topological polar surface area (TPSA) is 52.0 Å². The second kappa shape index (κ2) is 12.2. The number of halogens is 2. The Morgan fingerprint density at radius 3 is 1.42 bits per heavy atom. The third-order valence-electron chi connectivity index (χ3n) is 5.55. The Kier molecular flexibility index (Phi) is 9.96. The SMILES string of the molecule is CCCCCCc1cc(Br)sc1-c1sc(-c2sc(Br)cc2CCCCCC)c(N)c1N. The van der Waals surface area contributed by atoms with Crippen molar-refractivity contribution in [3.8, 4) is 19.5 Å². The van der Waals surface area contributed by atoms with Gasteiger partial charge in [-0.25, -0.2) is 0 Å². The number of unbranched alkanes of at least 4 members (excludes halogenated alkanes) is 6. The lowest BCUT2D eigenvalue weighted by Crippen LogP contribution is -1.94. The molecule has 0 fully saturated rings. The number of thiophene rings is 3. The average molecular weight is 605 g/mol. The van der Waals surface area contributed by atoms with Gasteiger partial charge in [0.1, 0.15) is 0 Å². The molecule has 3 heterocycles. The van der Waals surface area contributed by atoms with Crippen LogP contribution in [0.1, 0.15) is 76.3 Å². The second-order valence-electron chi connectivity index (χ2n) is 8.02. The third kappa shape index (κ3) is 6.38. The standard InChI is InChI=1S/C24H32Br2N2S3/c1-3-5-7-9-11-15-13-17(25)29-21(15)23-19(27)20(28)24(31-23)22-16(14-18(26)30-22)12-10-8-6-4-2/h13-14H,3-12,27-28H2,1-2H3. The minimum atomic E-state index is 0.741. The third-order valence-corrected chi connectivity index (χ3v) is 10.5. The van der Waals surface area contributed by atoms with Gasteiger partial charge in [0, 0.05) is 0 Å². The first-order valence-electron chi connectivity index (χ1n) is 11.2. The number of nitrogens with two attached hydrogens (primary N) is 2. The van der Waals surface area contributed by atoms with Crippen molar-refractivity contribution in [2.45, 2.75) is 78.1 Å². The zero-order chi connectivity index (χ0) is 22.4. The van der Waals surface area contributed by atoms with Crippen LogP contribution in [-0.4, -0.2) is 0 Å². The Labute approximate surface area is 215 Å². The molecule has 0 atom stereocenters. The molecule has 170 valence electrons. The van der Waals surface area contributed by atoms with E-state index in [9.17, 15) is 0 Å². The molecule has 0 bridgehead atoms. The highest BCUT2D eigenvalue weighted by molar-refractivity contribution is 9.11. The molecule has 0 aliphatic rings. The highest BCUT2D eigenvalue weighted by atomic mass is 79.9. The van der Waals surface area contributed by atoms with Crippen LogP contribution in [0.3, 0.4) is 0 Å². The largest absolute Gasteiger partial charge is 0.396 e. The maximum atomic E-state index is 6.59. The minimum Gasteiger partial charge on any atom is -0.396 e. The molecule has 0 unspecified atom stereocenters. The molecule has 0 aliphatic heterocycles. The lowest BCUT2D eigenvalue weighted by Gasteiger charge is -2.03. The zero-order valence-electron chi connectivity index (χ0n) is 18.4. The predicted molar refractivity (Wildman–Crippen MR) is 151 cm³/mol. The fourth-order valence-corrected chi connectivity index (χ4v) is 8.72. The van der Waals surface area contributed by atoms with Crippen LogP contribution in [0.4, 0.5) is 11.4 Å². The van der Waals surface area contributed by atoms with Crippen molar-refractivity contribution in [1.29, 1.82) is 0 Å². The number of rotatable bonds is 12. The summed E-state index contributed by atoms with van der Waals surface area (Å²) in [6.45, 7) is 4.51. The highest BCUT2D eigenvalue weighted by Crippen LogP contribution is 2.52. The summed E-state index contributed by atoms with van der Waals surface area (Å²) >= 11 is 12.7. The van der Waals surface area contributed by atoms with Crippen LogP contribution in [-0.2, 0) is 12.8 Å². The summed E-state index contributed by atoms with van der Waals surface area (Å²) in [5.74, 6) is 0. The summed E-state index contributed by atoms with van der Waals surface area (Å²) in [6.07, 6.45) is 12.3. The Bertz CT molecular complexity index is 911. The first kappa shape index (κ1) is 25.3. The molecule has 3 rings (SSSR count). The van der Waals surface area contributed by atoms with Crippen molar-refractivity contribution in [3.05, 3.63) is 30.8 Å². The summed E-state index contributed by atoms with van der Waals surface area (Å²) in [6, 6.07) is 4.53. The Morgan fingerprint density at radius 1 is 0.613 bits per heavy atom. The van der Waals surface area contributed by atoms with Gasteiger partial charge in [-0.2, -0.15) is 0 Å². The van der Waals surface area contributed by atoms with Crippen molar-refractivity contribution in [1.82, 2.24) is 0 Å². The van der Waals surface area contributed by atoms with Crippen molar-refractivity contribution in [2.24, 2.45) is 0 Å². The van der Waals surface area contributed by atoms with E-state index in [1.165, 1.54) is 72.2 Å². The minimum absolute atomic E-state index is 0.741. The van der Waals surface area contributed by atoms with Gasteiger partial charge in [-0.1, -0.05) is 52.4 Å². The molecule has 31 heavy (non-hydrogen) atoms. The fraction of sp³-hybridized carbons (Fsp3) is 0.500. The lowest BCUT2D eigenvalue weighted by atomic mass is 10.1. The first-order valence-corrected chi connectivity index (χ1v) is 15.2. The fourth-order valence-electron chi connectivity index (χ4n) is 3.82. The van der Waals surface area contributed by atoms with Gasteiger partial charge in [0.15, 0.2) is 0 Å². The van der Waals surface area contributed by atoms with Crippen LogP contribution in [0.5, 0.6) is 0 Å². The van der Waals surface area contributed by atoms with E-state index in [1.807, 2.05) is 0 Å². The second-order valence-corrected chi connectivity index (χ2v) is 13.9. The van der Waals surface area contributed by atoms with E-state index in [4.69, 9.17) is 11.5 Å². The molecular weight excluding hydrogens is 572 g/mol. The number of anilines is 2. The van der Waals surface area contributed by atoms with Gasteiger partial charge in [0.2, 0.25) is 0 Å². The number of hydrogen-bond donors (Lipinski definition) is 2. The average Bonchev–Trinajstić information content (AvgIpc) is 3.38. The highest BCUT2D eigenvalue weighted by Gasteiger charge is 2.23. The Morgan fingerprint density at radius 2 is 1.03 bits per heavy atom. The van der Waals surface area contributed by atoms with E-state index in [0.717, 1.165) is 41.5 Å². The molecule has 4 N–H and O–H groups in total. The normalized spacial score (nSPS) is 11.5.